The molecule has 0 amide bonds. The first-order valence-corrected chi connectivity index (χ1v) is 6.27. The zero-order valence-electron chi connectivity index (χ0n) is 11.0. The number of rotatable bonds is 2. The number of benzene rings is 1. The number of aromatic amines is 1. The highest BCUT2D eigenvalue weighted by atomic mass is 16.2. The van der Waals surface area contributed by atoms with Crippen molar-refractivity contribution in [3.05, 3.63) is 74.7 Å². The molecule has 0 saturated carbocycles. The standard InChI is InChI=1S/C15H13N3O2/c1-10-8-18(15(20)17-14(10)19)9-11-4-5-13-12(7-11)3-2-6-16-13/h2-8H,9H2,1H3,(H,17,19,20). The van der Waals surface area contributed by atoms with E-state index < -0.39 is 5.69 Å². The summed E-state index contributed by atoms with van der Waals surface area (Å²) in [7, 11) is 0. The molecule has 0 atom stereocenters. The Hall–Kier alpha value is -2.69. The van der Waals surface area contributed by atoms with E-state index in [2.05, 4.69) is 9.97 Å². The topological polar surface area (TPSA) is 67.8 Å². The highest BCUT2D eigenvalue weighted by molar-refractivity contribution is 5.78. The number of fused-ring (bicyclic) bond motifs is 1. The van der Waals surface area contributed by atoms with Crippen LogP contribution in [0.5, 0.6) is 0 Å². The summed E-state index contributed by atoms with van der Waals surface area (Å²) in [4.78, 5) is 29.7. The van der Waals surface area contributed by atoms with Gasteiger partial charge in [-0.1, -0.05) is 12.1 Å². The molecule has 2 heterocycles. The third-order valence-electron chi connectivity index (χ3n) is 3.21. The number of hydrogen-bond donors (Lipinski definition) is 1. The minimum atomic E-state index is -0.396. The molecule has 5 heteroatoms. The monoisotopic (exact) mass is 267 g/mol. The second-order valence-corrected chi connectivity index (χ2v) is 4.73. The molecule has 1 N–H and O–H groups in total. The molecule has 3 rings (SSSR count). The molecule has 0 saturated heterocycles. The van der Waals surface area contributed by atoms with Crippen LogP contribution < -0.4 is 11.2 Å². The quantitative estimate of drug-likeness (QED) is 0.764. The SMILES string of the molecule is Cc1cn(Cc2ccc3ncccc3c2)c(=O)[nH]c1=O. The van der Waals surface area contributed by atoms with Gasteiger partial charge in [-0.15, -0.1) is 0 Å². The number of aromatic nitrogens is 3. The van der Waals surface area contributed by atoms with E-state index in [0.29, 0.717) is 12.1 Å². The van der Waals surface area contributed by atoms with Crippen molar-refractivity contribution in [1.82, 2.24) is 14.5 Å². The summed E-state index contributed by atoms with van der Waals surface area (Å²) in [6.45, 7) is 2.10. The maximum atomic E-state index is 11.8. The van der Waals surface area contributed by atoms with Crippen LogP contribution in [0.3, 0.4) is 0 Å². The van der Waals surface area contributed by atoms with Crippen molar-refractivity contribution in [2.24, 2.45) is 0 Å². The largest absolute Gasteiger partial charge is 0.328 e. The molecule has 0 bridgehead atoms. The van der Waals surface area contributed by atoms with Gasteiger partial charge in [0.25, 0.3) is 5.56 Å². The Bertz CT molecular complexity index is 893. The van der Waals surface area contributed by atoms with E-state index in [1.165, 1.54) is 4.57 Å². The minimum absolute atomic E-state index is 0.339. The smallest absolute Gasteiger partial charge is 0.296 e. The van der Waals surface area contributed by atoms with E-state index in [1.807, 2.05) is 30.3 Å². The van der Waals surface area contributed by atoms with Gasteiger partial charge >= 0.3 is 5.69 Å². The van der Waals surface area contributed by atoms with Crippen LogP contribution in [0.15, 0.2) is 52.3 Å². The maximum Gasteiger partial charge on any atom is 0.328 e. The van der Waals surface area contributed by atoms with Gasteiger partial charge < -0.3 is 0 Å². The van der Waals surface area contributed by atoms with Gasteiger partial charge in [-0.2, -0.15) is 0 Å². The molecule has 20 heavy (non-hydrogen) atoms. The molecule has 0 aliphatic heterocycles. The first kappa shape index (κ1) is 12.3. The van der Waals surface area contributed by atoms with E-state index in [1.54, 1.807) is 19.3 Å². The maximum absolute atomic E-state index is 11.8. The van der Waals surface area contributed by atoms with Crippen LogP contribution in [0, 0.1) is 6.92 Å². The van der Waals surface area contributed by atoms with E-state index >= 15 is 0 Å². The molecule has 0 fully saturated rings. The Morgan fingerprint density at radius 2 is 2.10 bits per heavy atom. The molecule has 0 unspecified atom stereocenters. The molecule has 0 aliphatic carbocycles. The molecule has 0 aliphatic rings. The Morgan fingerprint density at radius 1 is 1.25 bits per heavy atom. The van der Waals surface area contributed by atoms with Crippen LogP contribution in [0.2, 0.25) is 0 Å². The zero-order chi connectivity index (χ0) is 14.1. The van der Waals surface area contributed by atoms with Crippen molar-refractivity contribution in [1.29, 1.82) is 0 Å². The summed E-state index contributed by atoms with van der Waals surface area (Å²) < 4.78 is 1.49. The van der Waals surface area contributed by atoms with E-state index in [-0.39, 0.29) is 5.56 Å². The molecular weight excluding hydrogens is 254 g/mol. The molecular formula is C15H13N3O2. The summed E-state index contributed by atoms with van der Waals surface area (Å²) in [5.41, 5.74) is 1.69. The Morgan fingerprint density at radius 3 is 2.95 bits per heavy atom. The Kier molecular flexibility index (Phi) is 2.95. The van der Waals surface area contributed by atoms with Crippen LogP contribution in [0.4, 0.5) is 0 Å². The number of nitrogens with zero attached hydrogens (tertiary/aromatic N) is 2. The minimum Gasteiger partial charge on any atom is -0.296 e. The number of pyridine rings is 1. The molecule has 1 aromatic carbocycles. The predicted octanol–water partition coefficient (Wildman–Crippen LogP) is 1.44. The zero-order valence-corrected chi connectivity index (χ0v) is 11.0. The summed E-state index contributed by atoms with van der Waals surface area (Å²) in [6.07, 6.45) is 3.33. The van der Waals surface area contributed by atoms with Crippen LogP contribution in [-0.2, 0) is 6.54 Å². The molecule has 0 spiro atoms. The van der Waals surface area contributed by atoms with Crippen molar-refractivity contribution in [3.8, 4) is 0 Å². The lowest BCUT2D eigenvalue weighted by molar-refractivity contribution is 0.714. The number of hydrogen-bond acceptors (Lipinski definition) is 3. The molecule has 0 radical (unpaired) electrons. The molecule has 2 aromatic heterocycles. The van der Waals surface area contributed by atoms with Gasteiger partial charge in [-0.3, -0.25) is 19.3 Å². The summed E-state index contributed by atoms with van der Waals surface area (Å²) in [5, 5.41) is 1.03. The first-order chi connectivity index (χ1) is 9.63. The van der Waals surface area contributed by atoms with Gasteiger partial charge in [0.05, 0.1) is 12.1 Å². The van der Waals surface area contributed by atoms with Crippen molar-refractivity contribution < 1.29 is 0 Å². The van der Waals surface area contributed by atoms with Crippen LogP contribution in [0.25, 0.3) is 10.9 Å². The molecule has 3 aromatic rings. The lowest BCUT2D eigenvalue weighted by Gasteiger charge is -2.07. The fraction of sp³-hybridized carbons (Fsp3) is 0.133. The molecule has 5 nitrogen and oxygen atoms in total. The third kappa shape index (κ3) is 2.25. The van der Waals surface area contributed by atoms with Crippen molar-refractivity contribution >= 4 is 10.9 Å². The van der Waals surface area contributed by atoms with Crippen LogP contribution >= 0.6 is 0 Å². The Labute approximate surface area is 114 Å². The van der Waals surface area contributed by atoms with Crippen LogP contribution in [-0.4, -0.2) is 14.5 Å². The highest BCUT2D eigenvalue weighted by Gasteiger charge is 2.03. The van der Waals surface area contributed by atoms with Crippen molar-refractivity contribution in [2.45, 2.75) is 13.5 Å². The van der Waals surface area contributed by atoms with Crippen molar-refractivity contribution in [2.75, 3.05) is 0 Å². The van der Waals surface area contributed by atoms with E-state index in [9.17, 15) is 9.59 Å². The van der Waals surface area contributed by atoms with E-state index in [4.69, 9.17) is 0 Å². The van der Waals surface area contributed by atoms with Gasteiger partial charge in [0.15, 0.2) is 0 Å². The average molecular weight is 267 g/mol. The van der Waals surface area contributed by atoms with Gasteiger partial charge in [-0.25, -0.2) is 4.79 Å². The number of nitrogens with one attached hydrogen (secondary N) is 1. The number of aryl methyl sites for hydroxylation is 1. The second kappa shape index (κ2) is 4.77. The normalized spacial score (nSPS) is 10.8. The summed E-state index contributed by atoms with van der Waals surface area (Å²) in [5.74, 6) is 0. The summed E-state index contributed by atoms with van der Waals surface area (Å²) in [6, 6.07) is 9.71. The third-order valence-corrected chi connectivity index (χ3v) is 3.21. The van der Waals surface area contributed by atoms with Crippen molar-refractivity contribution in [3.63, 3.8) is 0 Å². The summed E-state index contributed by atoms with van der Waals surface area (Å²) >= 11 is 0. The highest BCUT2D eigenvalue weighted by Crippen LogP contribution is 2.13. The lowest BCUT2D eigenvalue weighted by Crippen LogP contribution is -2.31. The van der Waals surface area contributed by atoms with Crippen LogP contribution in [0.1, 0.15) is 11.1 Å². The van der Waals surface area contributed by atoms with Gasteiger partial charge in [0.1, 0.15) is 0 Å². The first-order valence-electron chi connectivity index (χ1n) is 6.27. The van der Waals surface area contributed by atoms with Gasteiger partial charge in [0.2, 0.25) is 0 Å². The fourth-order valence-electron chi connectivity index (χ4n) is 2.16. The lowest BCUT2D eigenvalue weighted by atomic mass is 10.1. The average Bonchev–Trinajstić information content (AvgIpc) is 2.44. The molecule has 100 valence electrons. The Balaban J connectivity index is 2.03. The second-order valence-electron chi connectivity index (χ2n) is 4.73. The number of H-pyrrole nitrogens is 1. The van der Waals surface area contributed by atoms with Gasteiger partial charge in [0, 0.05) is 23.3 Å². The fourth-order valence-corrected chi connectivity index (χ4v) is 2.16. The van der Waals surface area contributed by atoms with E-state index in [0.717, 1.165) is 16.5 Å². The van der Waals surface area contributed by atoms with Gasteiger partial charge in [-0.05, 0) is 30.7 Å². The predicted molar refractivity (Wildman–Crippen MR) is 76.9 cm³/mol.